The van der Waals surface area contributed by atoms with Crippen molar-refractivity contribution in [1.82, 2.24) is 15.0 Å². The van der Waals surface area contributed by atoms with Crippen LogP contribution >= 0.6 is 0 Å². The Balaban J connectivity index is 1.56. The van der Waals surface area contributed by atoms with Gasteiger partial charge in [-0.15, -0.1) is 0 Å². The number of hydrogen-bond donors (Lipinski definition) is 3. The van der Waals surface area contributed by atoms with Gasteiger partial charge in [-0.05, 0) is 81.3 Å². The van der Waals surface area contributed by atoms with Crippen LogP contribution in [0.15, 0.2) is 61.1 Å². The van der Waals surface area contributed by atoms with E-state index in [1.54, 1.807) is 18.5 Å². The first-order chi connectivity index (χ1) is 22.8. The fourth-order valence-electron chi connectivity index (χ4n) is 6.06. The molecule has 5 rings (SSSR count). The molecule has 3 N–H and O–H groups in total. The number of H-pyrrole nitrogens is 1. The van der Waals surface area contributed by atoms with E-state index in [2.05, 4.69) is 34.0 Å². The van der Waals surface area contributed by atoms with Crippen molar-refractivity contribution in [2.24, 2.45) is 5.41 Å². The van der Waals surface area contributed by atoms with Gasteiger partial charge < -0.3 is 29.8 Å². The Kier molecular flexibility index (Phi) is 10.7. The molecule has 0 radical (unpaired) electrons. The van der Waals surface area contributed by atoms with Crippen molar-refractivity contribution in [1.29, 1.82) is 0 Å². The van der Waals surface area contributed by atoms with Gasteiger partial charge in [0.25, 0.3) is 0 Å². The standard InChI is InChI=1S/C38H48FN5O4/c1-25-31(34(36(45)46)48-37(2,3)4)33(44-20-17-38(5,6)18-21-44)32(35(43-25)41-19-15-29-23-40-24-42-29)27-9-13-30(14-10-27)47-22-16-26-7-11-28(39)12-8-26/h7-14,23-24,34H,15-22H2,1-6H3,(H,40,42)(H,41,43)(H,45,46). The molecule has 0 bridgehead atoms. The fraction of sp³-hybridized carbons (Fsp3) is 0.447. The summed E-state index contributed by atoms with van der Waals surface area (Å²) in [5.41, 5.74) is 5.15. The monoisotopic (exact) mass is 657 g/mol. The van der Waals surface area contributed by atoms with Crippen LogP contribution in [0.25, 0.3) is 11.1 Å². The molecule has 10 heteroatoms. The highest BCUT2D eigenvalue weighted by Crippen LogP contribution is 2.46. The van der Waals surface area contributed by atoms with Crippen LogP contribution in [-0.4, -0.2) is 57.9 Å². The Labute approximate surface area is 282 Å². The molecule has 2 aromatic carbocycles. The van der Waals surface area contributed by atoms with Crippen molar-refractivity contribution in [2.75, 3.05) is 36.5 Å². The largest absolute Gasteiger partial charge is 0.493 e. The highest BCUT2D eigenvalue weighted by molar-refractivity contribution is 5.92. The number of rotatable bonds is 13. The minimum atomic E-state index is -1.21. The van der Waals surface area contributed by atoms with E-state index in [-0.39, 0.29) is 11.2 Å². The molecule has 0 saturated carbocycles. The smallest absolute Gasteiger partial charge is 0.337 e. The molecule has 256 valence electrons. The minimum Gasteiger partial charge on any atom is -0.493 e. The lowest BCUT2D eigenvalue weighted by Gasteiger charge is -2.41. The van der Waals surface area contributed by atoms with E-state index < -0.39 is 17.7 Å². The summed E-state index contributed by atoms with van der Waals surface area (Å²) < 4.78 is 25.6. The molecule has 1 unspecified atom stereocenters. The zero-order chi connectivity index (χ0) is 34.5. The molecule has 1 saturated heterocycles. The molecule has 1 atom stereocenters. The topological polar surface area (TPSA) is 113 Å². The number of benzene rings is 2. The van der Waals surface area contributed by atoms with Crippen LogP contribution in [0, 0.1) is 18.2 Å². The number of nitrogens with zero attached hydrogens (tertiary/aromatic N) is 3. The van der Waals surface area contributed by atoms with Gasteiger partial charge >= 0.3 is 5.97 Å². The summed E-state index contributed by atoms with van der Waals surface area (Å²) in [5.74, 6) is 0.0706. The number of piperidine rings is 1. The van der Waals surface area contributed by atoms with Crippen molar-refractivity contribution in [3.8, 4) is 16.9 Å². The lowest BCUT2D eigenvalue weighted by Crippen LogP contribution is -2.39. The molecule has 1 aliphatic rings. The van der Waals surface area contributed by atoms with Crippen LogP contribution in [0.1, 0.15) is 76.1 Å². The Morgan fingerprint density at radius 2 is 1.77 bits per heavy atom. The molecule has 48 heavy (non-hydrogen) atoms. The van der Waals surface area contributed by atoms with Crippen LogP contribution in [0.2, 0.25) is 0 Å². The first-order valence-electron chi connectivity index (χ1n) is 16.7. The van der Waals surface area contributed by atoms with E-state index in [0.717, 1.165) is 54.0 Å². The number of carboxylic acids is 1. The van der Waals surface area contributed by atoms with E-state index >= 15 is 0 Å². The minimum absolute atomic E-state index is 0.185. The number of aromatic nitrogens is 3. The number of anilines is 2. The molecular formula is C38H48FN5O4. The van der Waals surface area contributed by atoms with Gasteiger partial charge in [0.1, 0.15) is 17.4 Å². The number of pyridine rings is 1. The highest BCUT2D eigenvalue weighted by atomic mass is 19.1. The zero-order valence-corrected chi connectivity index (χ0v) is 28.9. The zero-order valence-electron chi connectivity index (χ0n) is 28.9. The normalized spacial score (nSPS) is 15.3. The molecule has 4 aromatic rings. The molecule has 1 aliphatic heterocycles. The second kappa shape index (κ2) is 14.8. The Morgan fingerprint density at radius 1 is 1.08 bits per heavy atom. The summed E-state index contributed by atoms with van der Waals surface area (Å²) in [6.45, 7) is 14.6. The van der Waals surface area contributed by atoms with Crippen LogP contribution in [-0.2, 0) is 22.4 Å². The predicted molar refractivity (Wildman–Crippen MR) is 187 cm³/mol. The average Bonchev–Trinajstić information content (AvgIpc) is 3.55. The number of carbonyl (C=O) groups is 1. The van der Waals surface area contributed by atoms with Gasteiger partial charge in [-0.2, -0.15) is 0 Å². The Morgan fingerprint density at radius 3 is 2.38 bits per heavy atom. The summed E-state index contributed by atoms with van der Waals surface area (Å²) in [6, 6.07) is 14.3. The highest BCUT2D eigenvalue weighted by Gasteiger charge is 2.37. The van der Waals surface area contributed by atoms with Gasteiger partial charge in [-0.1, -0.05) is 38.1 Å². The number of carboxylic acid groups (broad SMARTS) is 1. The van der Waals surface area contributed by atoms with E-state index in [0.29, 0.717) is 48.8 Å². The van der Waals surface area contributed by atoms with Crippen molar-refractivity contribution in [3.05, 3.63) is 89.4 Å². The Bertz CT molecular complexity index is 1660. The summed E-state index contributed by atoms with van der Waals surface area (Å²) in [7, 11) is 0. The number of halogens is 1. The van der Waals surface area contributed by atoms with E-state index in [9.17, 15) is 14.3 Å². The maximum atomic E-state index is 13.3. The molecule has 0 aliphatic carbocycles. The van der Waals surface area contributed by atoms with Crippen LogP contribution < -0.4 is 15.0 Å². The molecule has 3 heterocycles. The third-order valence-corrected chi connectivity index (χ3v) is 8.73. The SMILES string of the molecule is Cc1nc(NCCc2c[nH]cn2)c(-c2ccc(OCCc3ccc(F)cc3)cc2)c(N2CCC(C)(C)CC2)c1C(OC(C)(C)C)C(=O)O. The summed E-state index contributed by atoms with van der Waals surface area (Å²) in [5, 5.41) is 14.1. The van der Waals surface area contributed by atoms with Crippen LogP contribution in [0.3, 0.4) is 0 Å². The second-order valence-corrected chi connectivity index (χ2v) is 14.3. The van der Waals surface area contributed by atoms with Gasteiger partial charge in [-0.25, -0.2) is 19.2 Å². The lowest BCUT2D eigenvalue weighted by atomic mass is 9.82. The van der Waals surface area contributed by atoms with Crippen molar-refractivity contribution in [2.45, 2.75) is 78.9 Å². The molecular weight excluding hydrogens is 609 g/mol. The molecule has 0 amide bonds. The van der Waals surface area contributed by atoms with Gasteiger partial charge in [0.15, 0.2) is 6.10 Å². The van der Waals surface area contributed by atoms with Crippen LogP contribution in [0.4, 0.5) is 15.9 Å². The number of ether oxygens (including phenoxy) is 2. The lowest BCUT2D eigenvalue weighted by molar-refractivity contribution is -0.160. The van der Waals surface area contributed by atoms with Crippen molar-refractivity contribution in [3.63, 3.8) is 0 Å². The van der Waals surface area contributed by atoms with Crippen LogP contribution in [0.5, 0.6) is 5.75 Å². The van der Waals surface area contributed by atoms with Gasteiger partial charge in [0, 0.05) is 55.5 Å². The summed E-state index contributed by atoms with van der Waals surface area (Å²) in [6.07, 6.45) is 5.59. The third-order valence-electron chi connectivity index (χ3n) is 8.73. The first-order valence-corrected chi connectivity index (χ1v) is 16.7. The maximum absolute atomic E-state index is 13.3. The summed E-state index contributed by atoms with van der Waals surface area (Å²) in [4.78, 5) is 27.7. The van der Waals surface area contributed by atoms with Crippen molar-refractivity contribution >= 4 is 17.5 Å². The Hall–Kier alpha value is -4.44. The number of hydrogen-bond acceptors (Lipinski definition) is 7. The van der Waals surface area contributed by atoms with Gasteiger partial charge in [0.05, 0.1) is 29.9 Å². The van der Waals surface area contributed by atoms with Gasteiger partial charge in [0.2, 0.25) is 0 Å². The first kappa shape index (κ1) is 34.9. The fourth-order valence-corrected chi connectivity index (χ4v) is 6.06. The summed E-state index contributed by atoms with van der Waals surface area (Å²) >= 11 is 0. The second-order valence-electron chi connectivity index (χ2n) is 14.3. The predicted octanol–water partition coefficient (Wildman–Crippen LogP) is 7.76. The van der Waals surface area contributed by atoms with E-state index in [4.69, 9.17) is 14.5 Å². The number of aliphatic carboxylic acids is 1. The number of nitrogens with one attached hydrogen (secondary N) is 2. The molecule has 9 nitrogen and oxygen atoms in total. The molecule has 0 spiro atoms. The number of aromatic amines is 1. The van der Waals surface area contributed by atoms with Gasteiger partial charge in [-0.3, -0.25) is 0 Å². The number of aryl methyl sites for hydroxylation is 1. The molecule has 2 aromatic heterocycles. The average molecular weight is 658 g/mol. The third kappa shape index (κ3) is 8.92. The molecule has 1 fully saturated rings. The van der Waals surface area contributed by atoms with E-state index in [1.165, 1.54) is 12.1 Å². The quantitative estimate of drug-likeness (QED) is 0.134. The van der Waals surface area contributed by atoms with E-state index in [1.807, 2.05) is 58.2 Å². The maximum Gasteiger partial charge on any atom is 0.337 e. The number of imidazole rings is 1. The van der Waals surface area contributed by atoms with Crippen molar-refractivity contribution < 1.29 is 23.8 Å².